The lowest BCUT2D eigenvalue weighted by molar-refractivity contribution is -0.139. The van der Waals surface area contributed by atoms with E-state index in [1.54, 1.807) is 6.33 Å². The van der Waals surface area contributed by atoms with Crippen LogP contribution in [0.2, 0.25) is 0 Å². The normalized spacial score (nSPS) is 23.6. The van der Waals surface area contributed by atoms with E-state index in [0.29, 0.717) is 24.3 Å². The van der Waals surface area contributed by atoms with Gasteiger partial charge in [0.25, 0.3) is 0 Å². The highest BCUT2D eigenvalue weighted by atomic mass is 16.2. The Kier molecular flexibility index (Phi) is 4.38. The Balaban J connectivity index is 1.44. The number of carbonyl (C=O) groups excluding carboxylic acids is 1. The molecule has 2 aromatic heterocycles. The predicted octanol–water partition coefficient (Wildman–Crippen LogP) is 1.57. The van der Waals surface area contributed by atoms with Gasteiger partial charge in [-0.2, -0.15) is 0 Å². The fraction of sp³-hybridized carbons (Fsp3) is 0.556. The number of rotatable bonds is 4. The Morgan fingerprint density at radius 2 is 2.28 bits per heavy atom. The van der Waals surface area contributed by atoms with Crippen LogP contribution in [0.15, 0.2) is 24.8 Å². The first-order chi connectivity index (χ1) is 12.2. The molecule has 25 heavy (non-hydrogen) atoms. The monoisotopic (exact) mass is 340 g/mol. The molecule has 7 nitrogen and oxygen atoms in total. The van der Waals surface area contributed by atoms with Gasteiger partial charge in [0.15, 0.2) is 0 Å². The molecule has 2 fully saturated rings. The lowest BCUT2D eigenvalue weighted by atomic mass is 9.83. The number of nitrogens with one attached hydrogen (secondary N) is 1. The number of amides is 1. The number of nitrogens with zero attached hydrogens (tertiary/aromatic N) is 5. The second-order valence-electron chi connectivity index (χ2n) is 7.01. The van der Waals surface area contributed by atoms with Gasteiger partial charge in [-0.25, -0.2) is 15.0 Å². The molecule has 132 valence electrons. The Morgan fingerprint density at radius 3 is 3.08 bits per heavy atom. The maximum absolute atomic E-state index is 12.5. The number of piperidine rings is 2. The molecule has 1 N–H and O–H groups in total. The van der Waals surface area contributed by atoms with E-state index in [9.17, 15) is 4.79 Å². The highest BCUT2D eigenvalue weighted by Crippen LogP contribution is 2.32. The zero-order valence-corrected chi connectivity index (χ0v) is 14.6. The van der Waals surface area contributed by atoms with Crippen molar-refractivity contribution in [2.45, 2.75) is 38.6 Å². The van der Waals surface area contributed by atoms with Gasteiger partial charge < -0.3 is 14.8 Å². The van der Waals surface area contributed by atoms with E-state index in [1.807, 2.05) is 25.4 Å². The summed E-state index contributed by atoms with van der Waals surface area (Å²) in [5.41, 5.74) is 2.08. The van der Waals surface area contributed by atoms with E-state index < -0.39 is 0 Å². The third-order valence-corrected chi connectivity index (χ3v) is 5.39. The molecule has 0 saturated carbocycles. The molecule has 2 aromatic rings. The summed E-state index contributed by atoms with van der Waals surface area (Å²) in [4.78, 5) is 33.0. The molecular weight excluding hydrogens is 316 g/mol. The van der Waals surface area contributed by atoms with Crippen molar-refractivity contribution in [1.82, 2.24) is 24.8 Å². The Labute approximate surface area is 147 Å². The first-order valence-electron chi connectivity index (χ1n) is 9.02. The molecule has 0 spiro atoms. The lowest BCUT2D eigenvalue weighted by Gasteiger charge is -2.47. The first kappa shape index (κ1) is 16.1. The van der Waals surface area contributed by atoms with Gasteiger partial charge in [-0.05, 0) is 31.7 Å². The molecule has 4 heterocycles. The minimum Gasteiger partial charge on any atom is -0.348 e. The van der Waals surface area contributed by atoms with Crippen molar-refractivity contribution in [2.24, 2.45) is 5.92 Å². The minimum absolute atomic E-state index is 0.293. The standard InChI is InChI=1S/C18H24N6O/c1-13-4-7-20-18(22-13)23-8-6-16-14(11-23)2-3-17(25)24(16)9-5-15-10-19-12-21-15/h4,7,10,12,14,16H,2-3,5-6,8-9,11H2,1H3,(H,19,21)/t14-,16+/m0/s1. The van der Waals surface area contributed by atoms with Crippen molar-refractivity contribution in [3.63, 3.8) is 0 Å². The number of hydrogen-bond acceptors (Lipinski definition) is 5. The summed E-state index contributed by atoms with van der Waals surface area (Å²) in [7, 11) is 0. The molecule has 7 heteroatoms. The second-order valence-corrected chi connectivity index (χ2v) is 7.01. The number of H-pyrrole nitrogens is 1. The van der Waals surface area contributed by atoms with Crippen LogP contribution in [0.3, 0.4) is 0 Å². The summed E-state index contributed by atoms with van der Waals surface area (Å²) in [5.74, 6) is 1.61. The topological polar surface area (TPSA) is 78.0 Å². The summed E-state index contributed by atoms with van der Waals surface area (Å²) in [6, 6.07) is 2.26. The highest BCUT2D eigenvalue weighted by molar-refractivity contribution is 5.77. The van der Waals surface area contributed by atoms with Crippen LogP contribution in [0.1, 0.15) is 30.7 Å². The molecule has 0 aromatic carbocycles. The van der Waals surface area contributed by atoms with Crippen molar-refractivity contribution < 1.29 is 4.79 Å². The number of aryl methyl sites for hydroxylation is 1. The third-order valence-electron chi connectivity index (χ3n) is 5.39. The van der Waals surface area contributed by atoms with Gasteiger partial charge in [0, 0.05) is 62.3 Å². The number of carbonyl (C=O) groups is 1. The number of imidazole rings is 1. The fourth-order valence-corrected chi connectivity index (χ4v) is 4.07. The molecule has 2 aliphatic rings. The molecule has 0 unspecified atom stereocenters. The zero-order valence-electron chi connectivity index (χ0n) is 14.6. The summed E-state index contributed by atoms with van der Waals surface area (Å²) >= 11 is 0. The van der Waals surface area contributed by atoms with Gasteiger partial charge in [-0.15, -0.1) is 0 Å². The van der Waals surface area contributed by atoms with Gasteiger partial charge in [0.1, 0.15) is 0 Å². The third kappa shape index (κ3) is 3.36. The molecular formula is C18H24N6O. The molecule has 2 aliphatic heterocycles. The van der Waals surface area contributed by atoms with Crippen LogP contribution < -0.4 is 4.90 Å². The van der Waals surface area contributed by atoms with Crippen molar-refractivity contribution in [3.8, 4) is 0 Å². The van der Waals surface area contributed by atoms with Gasteiger partial charge in [-0.1, -0.05) is 0 Å². The molecule has 4 rings (SSSR count). The molecule has 2 saturated heterocycles. The summed E-state index contributed by atoms with van der Waals surface area (Å²) in [5, 5.41) is 0. The Morgan fingerprint density at radius 1 is 1.36 bits per heavy atom. The van der Waals surface area contributed by atoms with Crippen molar-refractivity contribution in [1.29, 1.82) is 0 Å². The van der Waals surface area contributed by atoms with Crippen LogP contribution in [0.4, 0.5) is 5.95 Å². The molecule has 1 amide bonds. The minimum atomic E-state index is 0.293. The summed E-state index contributed by atoms with van der Waals surface area (Å²) in [6.45, 7) is 4.60. The van der Waals surface area contributed by atoms with Crippen molar-refractivity contribution in [3.05, 3.63) is 36.2 Å². The van der Waals surface area contributed by atoms with Crippen LogP contribution in [-0.4, -0.2) is 56.4 Å². The Hall–Kier alpha value is -2.44. The smallest absolute Gasteiger partial charge is 0.225 e. The maximum atomic E-state index is 12.5. The average molecular weight is 340 g/mol. The predicted molar refractivity (Wildman–Crippen MR) is 94.1 cm³/mol. The van der Waals surface area contributed by atoms with Crippen LogP contribution in [0, 0.1) is 12.8 Å². The zero-order chi connectivity index (χ0) is 17.2. The van der Waals surface area contributed by atoms with E-state index in [2.05, 4.69) is 29.7 Å². The first-order valence-corrected chi connectivity index (χ1v) is 9.02. The Bertz CT molecular complexity index is 731. The highest BCUT2D eigenvalue weighted by Gasteiger charge is 2.39. The van der Waals surface area contributed by atoms with Crippen molar-refractivity contribution >= 4 is 11.9 Å². The van der Waals surface area contributed by atoms with Gasteiger partial charge in [0.2, 0.25) is 11.9 Å². The summed E-state index contributed by atoms with van der Waals surface area (Å²) < 4.78 is 0. The van der Waals surface area contributed by atoms with Gasteiger partial charge in [0.05, 0.1) is 6.33 Å². The molecule has 2 atom stereocenters. The van der Waals surface area contributed by atoms with E-state index in [-0.39, 0.29) is 0 Å². The van der Waals surface area contributed by atoms with Crippen LogP contribution >= 0.6 is 0 Å². The lowest BCUT2D eigenvalue weighted by Crippen LogP contribution is -2.56. The number of fused-ring (bicyclic) bond motifs is 1. The molecule has 0 radical (unpaired) electrons. The summed E-state index contributed by atoms with van der Waals surface area (Å²) in [6.07, 6.45) is 8.78. The number of aromatic nitrogens is 4. The molecule has 0 bridgehead atoms. The van der Waals surface area contributed by atoms with E-state index >= 15 is 0 Å². The fourth-order valence-electron chi connectivity index (χ4n) is 4.07. The van der Waals surface area contributed by atoms with E-state index in [1.165, 1.54) is 0 Å². The van der Waals surface area contributed by atoms with Gasteiger partial charge in [-0.3, -0.25) is 4.79 Å². The number of aromatic amines is 1. The average Bonchev–Trinajstić information content (AvgIpc) is 3.14. The number of hydrogen-bond donors (Lipinski definition) is 1. The number of anilines is 1. The SMILES string of the molecule is Cc1ccnc(N2CC[C@@H]3[C@@H](CCC(=O)N3CCc3cnc[nH]3)C2)n1. The van der Waals surface area contributed by atoms with Crippen molar-refractivity contribution in [2.75, 3.05) is 24.5 Å². The number of likely N-dealkylation sites (tertiary alicyclic amines) is 1. The van der Waals surface area contributed by atoms with Gasteiger partial charge >= 0.3 is 0 Å². The van der Waals surface area contributed by atoms with Crippen LogP contribution in [0.25, 0.3) is 0 Å². The quantitative estimate of drug-likeness (QED) is 0.914. The largest absolute Gasteiger partial charge is 0.348 e. The van der Waals surface area contributed by atoms with Crippen LogP contribution in [-0.2, 0) is 11.2 Å². The molecule has 0 aliphatic carbocycles. The maximum Gasteiger partial charge on any atom is 0.225 e. The second kappa shape index (κ2) is 6.82. The van der Waals surface area contributed by atoms with E-state index in [0.717, 1.165) is 56.2 Å². The van der Waals surface area contributed by atoms with E-state index in [4.69, 9.17) is 0 Å². The van der Waals surface area contributed by atoms with Crippen LogP contribution in [0.5, 0.6) is 0 Å².